The minimum atomic E-state index is -0.0210. The summed E-state index contributed by atoms with van der Waals surface area (Å²) in [6.45, 7) is 0.509. The van der Waals surface area contributed by atoms with Gasteiger partial charge in [-0.05, 0) is 43.4 Å². The Kier molecular flexibility index (Phi) is 6.40. The number of thioether (sulfide) groups is 1. The second kappa shape index (κ2) is 8.98. The van der Waals surface area contributed by atoms with Crippen LogP contribution < -0.4 is 10.9 Å². The van der Waals surface area contributed by atoms with Gasteiger partial charge in [-0.25, -0.2) is 4.98 Å². The van der Waals surface area contributed by atoms with Crippen LogP contribution in [0, 0.1) is 0 Å². The monoisotopic (exact) mass is 453 g/mol. The first kappa shape index (κ1) is 19.9. The highest BCUT2D eigenvalue weighted by molar-refractivity contribution is 7.98. The predicted octanol–water partition coefficient (Wildman–Crippen LogP) is 4.52. The zero-order valence-corrected chi connectivity index (χ0v) is 18.4. The van der Waals surface area contributed by atoms with E-state index in [-0.39, 0.29) is 11.5 Å². The van der Waals surface area contributed by atoms with Crippen molar-refractivity contribution in [3.05, 3.63) is 48.0 Å². The van der Waals surface area contributed by atoms with Gasteiger partial charge in [0.25, 0.3) is 5.56 Å². The van der Waals surface area contributed by atoms with Crippen LogP contribution in [0.5, 0.6) is 0 Å². The van der Waals surface area contributed by atoms with Gasteiger partial charge in [0.1, 0.15) is 10.7 Å². The first-order valence-electron chi connectivity index (χ1n) is 9.22. The second-order valence-electron chi connectivity index (χ2n) is 6.69. The van der Waals surface area contributed by atoms with Crippen LogP contribution in [0.15, 0.2) is 16.9 Å². The summed E-state index contributed by atoms with van der Waals surface area (Å²) in [5.41, 5.74) is 1.19. The van der Waals surface area contributed by atoms with E-state index >= 15 is 0 Å². The lowest BCUT2D eigenvalue weighted by Crippen LogP contribution is -2.22. The maximum absolute atomic E-state index is 12.5. The van der Waals surface area contributed by atoms with Crippen LogP contribution in [0.3, 0.4) is 0 Å². The first-order valence-corrected chi connectivity index (χ1v) is 12.4. The lowest BCUT2D eigenvalue weighted by molar-refractivity contribution is -0.120. The number of fused-ring (bicyclic) bond motifs is 3. The number of thiophene rings is 2. The summed E-state index contributed by atoms with van der Waals surface area (Å²) in [6, 6.07) is 3.75. The molecule has 9 heteroatoms. The SMILES string of the molecule is O=C(CCSCc1nc2sc3c(c2c(=O)[nH]1)CCCC3)NCc1ccc(Cl)s1. The molecule has 4 rings (SSSR count). The van der Waals surface area contributed by atoms with Crippen molar-refractivity contribution in [2.45, 2.75) is 44.4 Å². The topological polar surface area (TPSA) is 74.8 Å². The molecule has 1 aliphatic carbocycles. The average Bonchev–Trinajstić information content (AvgIpc) is 3.26. The van der Waals surface area contributed by atoms with E-state index in [2.05, 4.69) is 15.3 Å². The number of H-pyrrole nitrogens is 1. The van der Waals surface area contributed by atoms with Gasteiger partial charge in [0.2, 0.25) is 5.91 Å². The lowest BCUT2D eigenvalue weighted by Gasteiger charge is -2.09. The van der Waals surface area contributed by atoms with Crippen molar-refractivity contribution in [2.75, 3.05) is 5.75 Å². The molecule has 0 saturated carbocycles. The van der Waals surface area contributed by atoms with E-state index in [1.807, 2.05) is 12.1 Å². The van der Waals surface area contributed by atoms with Crippen LogP contribution in [0.25, 0.3) is 10.2 Å². The number of amides is 1. The molecule has 0 fully saturated rings. The summed E-state index contributed by atoms with van der Waals surface area (Å²) >= 11 is 10.6. The minimum Gasteiger partial charge on any atom is -0.351 e. The molecule has 0 aromatic carbocycles. The summed E-state index contributed by atoms with van der Waals surface area (Å²) in [5, 5.41) is 3.69. The number of aromatic nitrogens is 2. The summed E-state index contributed by atoms with van der Waals surface area (Å²) in [4.78, 5) is 35.3. The number of hydrogen-bond donors (Lipinski definition) is 2. The molecular weight excluding hydrogens is 434 g/mol. The Bertz CT molecular complexity index is 1060. The van der Waals surface area contributed by atoms with Gasteiger partial charge in [-0.1, -0.05) is 11.6 Å². The van der Waals surface area contributed by atoms with E-state index in [0.29, 0.717) is 30.3 Å². The van der Waals surface area contributed by atoms with Crippen LogP contribution in [0.2, 0.25) is 4.34 Å². The Morgan fingerprint density at radius 2 is 2.14 bits per heavy atom. The molecule has 0 unspecified atom stereocenters. The van der Waals surface area contributed by atoms with Crippen LogP contribution in [0.4, 0.5) is 0 Å². The zero-order chi connectivity index (χ0) is 19.5. The summed E-state index contributed by atoms with van der Waals surface area (Å²) in [5.74, 6) is 1.98. The van der Waals surface area contributed by atoms with E-state index in [4.69, 9.17) is 11.6 Å². The van der Waals surface area contributed by atoms with Crippen molar-refractivity contribution in [1.29, 1.82) is 0 Å². The maximum atomic E-state index is 12.5. The smallest absolute Gasteiger partial charge is 0.259 e. The minimum absolute atomic E-state index is 0.0138. The van der Waals surface area contributed by atoms with Crippen LogP contribution in [-0.2, 0) is 29.9 Å². The van der Waals surface area contributed by atoms with Gasteiger partial charge in [-0.2, -0.15) is 11.8 Å². The molecule has 148 valence electrons. The molecular formula is C19H20ClN3O2S3. The third-order valence-electron chi connectivity index (χ3n) is 4.67. The number of carbonyl (C=O) groups excluding carboxylic acids is 1. The van der Waals surface area contributed by atoms with E-state index in [1.165, 1.54) is 28.2 Å². The van der Waals surface area contributed by atoms with Crippen LogP contribution in [0.1, 0.15) is 40.4 Å². The summed E-state index contributed by atoms with van der Waals surface area (Å²) < 4.78 is 0.727. The lowest BCUT2D eigenvalue weighted by atomic mass is 9.97. The molecule has 0 atom stereocenters. The fourth-order valence-corrected chi connectivity index (χ4v) is 6.44. The number of nitrogens with one attached hydrogen (secondary N) is 2. The van der Waals surface area contributed by atoms with Gasteiger partial charge in [0, 0.05) is 21.9 Å². The summed E-state index contributed by atoms with van der Waals surface area (Å²) in [6.07, 6.45) is 4.83. The van der Waals surface area contributed by atoms with Crippen LogP contribution >= 0.6 is 46.0 Å². The molecule has 1 amide bonds. The molecule has 3 aromatic rings. The largest absolute Gasteiger partial charge is 0.351 e. The number of carbonyl (C=O) groups is 1. The predicted molar refractivity (Wildman–Crippen MR) is 119 cm³/mol. The molecule has 0 radical (unpaired) electrons. The fourth-order valence-electron chi connectivity index (χ4n) is 3.33. The van der Waals surface area contributed by atoms with Gasteiger partial charge < -0.3 is 10.3 Å². The van der Waals surface area contributed by atoms with E-state index in [9.17, 15) is 9.59 Å². The standard InChI is InChI=1S/C19H20ClN3O2S3/c20-14-6-5-11(27-14)9-21-16(24)7-8-26-10-15-22-18(25)17-12-3-1-2-4-13(12)28-19(17)23-15/h5-6H,1-4,7-10H2,(H,21,24)(H,22,23,25). The molecule has 3 heterocycles. The molecule has 0 aliphatic heterocycles. The van der Waals surface area contributed by atoms with Gasteiger partial charge in [-0.3, -0.25) is 9.59 Å². The number of aryl methyl sites for hydroxylation is 2. The van der Waals surface area contributed by atoms with Crippen molar-refractivity contribution in [2.24, 2.45) is 0 Å². The second-order valence-corrected chi connectivity index (χ2v) is 10.7. The highest BCUT2D eigenvalue weighted by atomic mass is 35.5. The van der Waals surface area contributed by atoms with Crippen molar-refractivity contribution >= 4 is 62.2 Å². The number of aromatic amines is 1. The fraction of sp³-hybridized carbons (Fsp3) is 0.421. The Morgan fingerprint density at radius 3 is 2.96 bits per heavy atom. The maximum Gasteiger partial charge on any atom is 0.259 e. The molecule has 28 heavy (non-hydrogen) atoms. The molecule has 0 bridgehead atoms. The molecule has 2 N–H and O–H groups in total. The van der Waals surface area contributed by atoms with E-state index in [0.717, 1.165) is 38.7 Å². The Morgan fingerprint density at radius 1 is 1.29 bits per heavy atom. The van der Waals surface area contributed by atoms with Crippen LogP contribution in [-0.4, -0.2) is 21.6 Å². The third-order valence-corrected chi connectivity index (χ3v) is 8.06. The molecule has 1 aliphatic rings. The van der Waals surface area contributed by atoms with Crippen molar-refractivity contribution in [1.82, 2.24) is 15.3 Å². The quantitative estimate of drug-likeness (QED) is 0.516. The Labute approximate surface area is 179 Å². The Hall–Kier alpha value is -1.35. The number of rotatable bonds is 7. The first-order chi connectivity index (χ1) is 13.6. The Balaban J connectivity index is 1.28. The number of hydrogen-bond acceptors (Lipinski definition) is 6. The average molecular weight is 454 g/mol. The van der Waals surface area contributed by atoms with Crippen molar-refractivity contribution in [3.8, 4) is 0 Å². The van der Waals surface area contributed by atoms with Gasteiger partial charge in [0.05, 0.1) is 22.0 Å². The van der Waals surface area contributed by atoms with Crippen molar-refractivity contribution in [3.63, 3.8) is 0 Å². The number of halogens is 1. The molecule has 0 saturated heterocycles. The highest BCUT2D eigenvalue weighted by Gasteiger charge is 2.19. The zero-order valence-electron chi connectivity index (χ0n) is 15.2. The highest BCUT2D eigenvalue weighted by Crippen LogP contribution is 2.33. The normalized spacial score (nSPS) is 13.6. The van der Waals surface area contributed by atoms with E-state index < -0.39 is 0 Å². The third kappa shape index (κ3) is 4.62. The van der Waals surface area contributed by atoms with Gasteiger partial charge >= 0.3 is 0 Å². The molecule has 0 spiro atoms. The molecule has 3 aromatic heterocycles. The van der Waals surface area contributed by atoms with E-state index in [1.54, 1.807) is 23.1 Å². The number of nitrogens with zero attached hydrogens (tertiary/aromatic N) is 1. The summed E-state index contributed by atoms with van der Waals surface area (Å²) in [7, 11) is 0. The van der Waals surface area contributed by atoms with Gasteiger partial charge in [0.15, 0.2) is 0 Å². The van der Waals surface area contributed by atoms with Crippen molar-refractivity contribution < 1.29 is 4.79 Å². The van der Waals surface area contributed by atoms with Gasteiger partial charge in [-0.15, -0.1) is 22.7 Å². The molecule has 5 nitrogen and oxygen atoms in total.